The lowest BCUT2D eigenvalue weighted by Crippen LogP contribution is -2.18. The van der Waals surface area contributed by atoms with Gasteiger partial charge in [-0.3, -0.25) is 4.68 Å². The van der Waals surface area contributed by atoms with Crippen molar-refractivity contribution in [3.05, 3.63) is 42.9 Å². The molecule has 2 N–H and O–H groups in total. The summed E-state index contributed by atoms with van der Waals surface area (Å²) in [5.74, 6) is 0.524. The van der Waals surface area contributed by atoms with Gasteiger partial charge >= 0.3 is 0 Å². The van der Waals surface area contributed by atoms with Gasteiger partial charge in [0.15, 0.2) is 11.2 Å². The van der Waals surface area contributed by atoms with Gasteiger partial charge in [0, 0.05) is 24.4 Å². The molecule has 0 radical (unpaired) electrons. The fraction of sp³-hybridized carbons (Fsp3) is 0.409. The molecule has 0 spiro atoms. The Bertz CT molecular complexity index is 1190. The van der Waals surface area contributed by atoms with Crippen LogP contribution in [0.5, 0.6) is 0 Å². The van der Waals surface area contributed by atoms with E-state index in [1.165, 1.54) is 0 Å². The highest BCUT2D eigenvalue weighted by molar-refractivity contribution is 5.72. The third kappa shape index (κ3) is 4.32. The molecule has 4 aromatic rings. The van der Waals surface area contributed by atoms with Gasteiger partial charge in [0.25, 0.3) is 0 Å². The van der Waals surface area contributed by atoms with E-state index in [1.54, 1.807) is 10.9 Å². The Morgan fingerprint density at radius 1 is 1.16 bits per heavy atom. The zero-order chi connectivity index (χ0) is 21.9. The fourth-order valence-electron chi connectivity index (χ4n) is 3.98. The van der Waals surface area contributed by atoms with Gasteiger partial charge < -0.3 is 15.2 Å². The molecule has 0 saturated heterocycles. The van der Waals surface area contributed by atoms with Crippen molar-refractivity contribution in [2.24, 2.45) is 0 Å². The van der Waals surface area contributed by atoms with Crippen LogP contribution in [0.2, 0.25) is 0 Å². The Kier molecular flexibility index (Phi) is 5.78. The Morgan fingerprint density at radius 3 is 2.81 bits per heavy atom. The van der Waals surface area contributed by atoms with Gasteiger partial charge in [0.2, 0.25) is 5.95 Å². The molecule has 0 aliphatic heterocycles. The Hall–Kier alpha value is -3.37. The maximum absolute atomic E-state index is 9.75. The first-order valence-corrected chi connectivity index (χ1v) is 10.9. The third-order valence-corrected chi connectivity index (χ3v) is 5.68. The van der Waals surface area contributed by atoms with Crippen molar-refractivity contribution >= 4 is 17.1 Å². The summed E-state index contributed by atoms with van der Waals surface area (Å²) < 4.78 is 8.99. The van der Waals surface area contributed by atoms with Crippen molar-refractivity contribution < 1.29 is 9.84 Å². The van der Waals surface area contributed by atoms with Crippen molar-refractivity contribution in [2.45, 2.75) is 44.9 Å². The van der Waals surface area contributed by atoms with Gasteiger partial charge in [-0.1, -0.05) is 17.3 Å². The van der Waals surface area contributed by atoms with E-state index >= 15 is 0 Å². The van der Waals surface area contributed by atoms with Crippen LogP contribution < -0.4 is 5.32 Å². The summed E-state index contributed by atoms with van der Waals surface area (Å²) in [6, 6.07) is 8.23. The monoisotopic (exact) mass is 434 g/mol. The second kappa shape index (κ2) is 9.01. The summed E-state index contributed by atoms with van der Waals surface area (Å²) in [7, 11) is 0. The highest BCUT2D eigenvalue weighted by Gasteiger charge is 2.23. The molecule has 3 aromatic heterocycles. The number of ether oxygens (including phenoxy) is 1. The van der Waals surface area contributed by atoms with Crippen LogP contribution in [-0.2, 0) is 11.3 Å². The summed E-state index contributed by atoms with van der Waals surface area (Å²) >= 11 is 0. The minimum absolute atomic E-state index is 0.181. The summed E-state index contributed by atoms with van der Waals surface area (Å²) in [6.45, 7) is 4.07. The molecule has 32 heavy (non-hydrogen) atoms. The fourth-order valence-corrected chi connectivity index (χ4v) is 3.98. The van der Waals surface area contributed by atoms with Crippen molar-refractivity contribution in [1.29, 1.82) is 0 Å². The average Bonchev–Trinajstić information content (AvgIpc) is 3.54. The molecule has 10 heteroatoms. The first-order chi connectivity index (χ1) is 15.7. The highest BCUT2D eigenvalue weighted by Crippen LogP contribution is 2.24. The van der Waals surface area contributed by atoms with Crippen LogP contribution in [0.1, 0.15) is 26.2 Å². The molecular weight excluding hydrogens is 408 g/mol. The number of aliphatic hydroxyl groups excluding tert-OH is 1. The molecule has 1 aliphatic carbocycles. The van der Waals surface area contributed by atoms with Crippen LogP contribution in [0.25, 0.3) is 28.0 Å². The smallest absolute Gasteiger partial charge is 0.225 e. The summed E-state index contributed by atoms with van der Waals surface area (Å²) in [4.78, 5) is 8.98. The molecule has 0 bridgehead atoms. The molecule has 2 unspecified atom stereocenters. The number of aliphatic hydroxyl groups is 1. The molecule has 5 rings (SSSR count). The number of hydrogen-bond acceptors (Lipinski definition) is 8. The normalized spacial score (nSPS) is 18.4. The maximum Gasteiger partial charge on any atom is 0.225 e. The predicted molar refractivity (Wildman–Crippen MR) is 119 cm³/mol. The summed E-state index contributed by atoms with van der Waals surface area (Å²) in [5, 5.41) is 25.9. The Morgan fingerprint density at radius 2 is 2.03 bits per heavy atom. The Balaban J connectivity index is 1.34. The molecule has 10 nitrogen and oxygen atoms in total. The van der Waals surface area contributed by atoms with Gasteiger partial charge in [0.05, 0.1) is 37.3 Å². The quantitative estimate of drug-likeness (QED) is 0.406. The lowest BCUT2D eigenvalue weighted by Gasteiger charge is -2.11. The molecule has 166 valence electrons. The van der Waals surface area contributed by atoms with E-state index in [0.717, 1.165) is 36.2 Å². The minimum atomic E-state index is -0.251. The van der Waals surface area contributed by atoms with Crippen LogP contribution in [0, 0.1) is 0 Å². The number of hydrogen-bond donors (Lipinski definition) is 2. The lowest BCUT2D eigenvalue weighted by molar-refractivity contribution is 0.136. The minimum Gasteiger partial charge on any atom is -0.393 e. The van der Waals surface area contributed by atoms with E-state index in [0.29, 0.717) is 36.7 Å². The van der Waals surface area contributed by atoms with Crippen molar-refractivity contribution in [3.8, 4) is 16.8 Å². The molecule has 3 heterocycles. The van der Waals surface area contributed by atoms with Crippen molar-refractivity contribution in [3.63, 3.8) is 0 Å². The molecule has 0 amide bonds. The molecule has 1 aromatic carbocycles. The number of benzene rings is 1. The first kappa shape index (κ1) is 20.5. The maximum atomic E-state index is 9.75. The second-order valence-electron chi connectivity index (χ2n) is 7.95. The van der Waals surface area contributed by atoms with E-state index in [-0.39, 0.29) is 12.1 Å². The van der Waals surface area contributed by atoms with E-state index in [9.17, 15) is 5.11 Å². The predicted octanol–water partition coefficient (Wildman–Crippen LogP) is 2.44. The van der Waals surface area contributed by atoms with Crippen molar-refractivity contribution in [1.82, 2.24) is 34.7 Å². The van der Waals surface area contributed by atoms with Gasteiger partial charge in [-0.05, 0) is 43.9 Å². The molecular formula is C22H26N8O2. The molecule has 1 aliphatic rings. The van der Waals surface area contributed by atoms with E-state index in [4.69, 9.17) is 4.74 Å². The van der Waals surface area contributed by atoms with Gasteiger partial charge in [-0.2, -0.15) is 14.8 Å². The van der Waals surface area contributed by atoms with Crippen LogP contribution in [0.15, 0.2) is 42.9 Å². The lowest BCUT2D eigenvalue weighted by atomic mass is 10.1. The van der Waals surface area contributed by atoms with Crippen molar-refractivity contribution in [2.75, 3.05) is 18.5 Å². The van der Waals surface area contributed by atoms with Gasteiger partial charge in [-0.25, -0.2) is 4.98 Å². The topological polar surface area (TPSA) is 116 Å². The number of anilines is 1. The first-order valence-electron chi connectivity index (χ1n) is 10.9. The Labute approximate surface area is 185 Å². The second-order valence-corrected chi connectivity index (χ2v) is 7.95. The molecule has 2 atom stereocenters. The highest BCUT2D eigenvalue weighted by atomic mass is 16.5. The number of fused-ring (bicyclic) bond motifs is 1. The number of rotatable bonds is 8. The standard InChI is InChI=1S/C22H26N8O2/c1-2-32-10-9-29-14-16(12-24-29)15-3-6-18(7-4-15)30-21-20(27-28-30)13-23-22(26-21)25-17-5-8-19(31)11-17/h3-4,6-7,12-14,17,19,31H,2,5,8-11H2,1H3,(H,23,25,26). The van der Waals surface area contributed by atoms with Gasteiger partial charge in [-0.15, -0.1) is 5.10 Å². The van der Waals surface area contributed by atoms with Crippen LogP contribution in [0.4, 0.5) is 5.95 Å². The van der Waals surface area contributed by atoms with E-state index < -0.39 is 0 Å². The zero-order valence-electron chi connectivity index (χ0n) is 17.9. The molecule has 1 saturated carbocycles. The molecule has 1 fully saturated rings. The number of nitrogens with zero attached hydrogens (tertiary/aromatic N) is 7. The van der Waals surface area contributed by atoms with Crippen LogP contribution >= 0.6 is 0 Å². The number of nitrogens with one attached hydrogen (secondary N) is 1. The summed E-state index contributed by atoms with van der Waals surface area (Å²) in [5.41, 5.74) is 4.24. The van der Waals surface area contributed by atoms with E-state index in [2.05, 4.69) is 30.7 Å². The largest absolute Gasteiger partial charge is 0.393 e. The SMILES string of the molecule is CCOCCn1cc(-c2ccc(-n3nnc4cnc(NC5CCC(O)C5)nc43)cc2)cn1. The van der Waals surface area contributed by atoms with Crippen LogP contribution in [-0.4, -0.2) is 65.2 Å². The van der Waals surface area contributed by atoms with Crippen LogP contribution in [0.3, 0.4) is 0 Å². The third-order valence-electron chi connectivity index (χ3n) is 5.68. The van der Waals surface area contributed by atoms with E-state index in [1.807, 2.05) is 48.3 Å². The van der Waals surface area contributed by atoms with Gasteiger partial charge in [0.1, 0.15) is 0 Å². The summed E-state index contributed by atoms with van der Waals surface area (Å²) in [6.07, 6.45) is 7.72. The zero-order valence-corrected chi connectivity index (χ0v) is 17.9. The number of aromatic nitrogens is 7. The average molecular weight is 435 g/mol.